The monoisotopic (exact) mass is 373 g/mol. The van der Waals surface area contributed by atoms with Crippen LogP contribution >= 0.6 is 0 Å². The van der Waals surface area contributed by atoms with Crippen LogP contribution in [0.15, 0.2) is 24.3 Å². The molecule has 27 heavy (non-hydrogen) atoms. The Morgan fingerprint density at radius 1 is 1.19 bits per heavy atom. The Morgan fingerprint density at radius 2 is 1.89 bits per heavy atom. The largest absolute Gasteiger partial charge is 0.466 e. The first kappa shape index (κ1) is 22.4. The normalized spacial score (nSPS) is 12.0. The second-order valence-corrected chi connectivity index (χ2v) is 7.19. The van der Waals surface area contributed by atoms with E-state index in [1.54, 1.807) is 45.9 Å². The highest BCUT2D eigenvalue weighted by Gasteiger charge is 2.31. The molecule has 1 unspecified atom stereocenters. The summed E-state index contributed by atoms with van der Waals surface area (Å²) >= 11 is 0. The third-order valence-corrected chi connectivity index (χ3v) is 3.71. The lowest BCUT2D eigenvalue weighted by Crippen LogP contribution is -2.33. The molecule has 1 aromatic carbocycles. The molecule has 0 saturated heterocycles. The Balaban J connectivity index is 2.87. The maximum atomic E-state index is 12.9. The summed E-state index contributed by atoms with van der Waals surface area (Å²) in [5, 5.41) is 9.02. The second kappa shape index (κ2) is 10.5. The average molecular weight is 373 g/mol. The van der Waals surface area contributed by atoms with Gasteiger partial charge in [-0.3, -0.25) is 14.4 Å². The number of benzene rings is 1. The van der Waals surface area contributed by atoms with Gasteiger partial charge in [0.05, 0.1) is 18.2 Å². The van der Waals surface area contributed by atoms with Crippen molar-refractivity contribution >= 4 is 17.7 Å². The number of unbranched alkanes of at least 4 members (excludes halogenated alkanes) is 1. The second-order valence-electron chi connectivity index (χ2n) is 7.19. The smallest absolute Gasteiger partial charge is 0.317 e. The quantitative estimate of drug-likeness (QED) is 0.283. The molecular formula is C21H27NO5. The minimum absolute atomic E-state index is 0.243. The fourth-order valence-electron chi connectivity index (χ4n) is 2.52. The van der Waals surface area contributed by atoms with Gasteiger partial charge in [0.15, 0.2) is 5.78 Å². The number of rotatable bonds is 9. The van der Waals surface area contributed by atoms with E-state index in [9.17, 15) is 14.4 Å². The molecule has 0 saturated carbocycles. The van der Waals surface area contributed by atoms with Crippen LogP contribution < -0.4 is 0 Å². The number of hydrogen-bond donors (Lipinski definition) is 0. The molecule has 0 aromatic heterocycles. The minimum Gasteiger partial charge on any atom is -0.466 e. The van der Waals surface area contributed by atoms with Crippen LogP contribution in [0.4, 0.5) is 0 Å². The van der Waals surface area contributed by atoms with Crippen LogP contribution in [-0.2, 0) is 19.1 Å². The highest BCUT2D eigenvalue weighted by molar-refractivity contribution is 6.08. The number of ether oxygens (including phenoxy) is 2. The van der Waals surface area contributed by atoms with E-state index in [0.717, 1.165) is 0 Å². The van der Waals surface area contributed by atoms with E-state index < -0.39 is 17.5 Å². The van der Waals surface area contributed by atoms with E-state index in [1.165, 1.54) is 6.07 Å². The number of carbonyl (C=O) groups excluding carboxylic acids is 3. The first-order chi connectivity index (χ1) is 12.7. The third-order valence-electron chi connectivity index (χ3n) is 3.71. The summed E-state index contributed by atoms with van der Waals surface area (Å²) in [5.41, 5.74) is -0.0592. The topological polar surface area (TPSA) is 93.5 Å². The van der Waals surface area contributed by atoms with Gasteiger partial charge in [-0.1, -0.05) is 18.6 Å². The molecule has 6 heteroatoms. The number of esters is 2. The molecule has 0 aliphatic heterocycles. The van der Waals surface area contributed by atoms with Crippen molar-refractivity contribution in [2.45, 2.75) is 59.0 Å². The summed E-state index contributed by atoms with van der Waals surface area (Å²) in [7, 11) is 0. The van der Waals surface area contributed by atoms with Gasteiger partial charge in [0.1, 0.15) is 11.5 Å². The summed E-state index contributed by atoms with van der Waals surface area (Å²) in [5.74, 6) is -2.23. The van der Waals surface area contributed by atoms with Gasteiger partial charge in [-0.15, -0.1) is 0 Å². The number of Topliss-reactive ketones (excluding diaryl/α,β-unsaturated/α-hetero) is 1. The molecule has 0 heterocycles. The van der Waals surface area contributed by atoms with Gasteiger partial charge in [-0.05, 0) is 52.7 Å². The van der Waals surface area contributed by atoms with Crippen LogP contribution in [0.3, 0.4) is 0 Å². The highest BCUT2D eigenvalue weighted by atomic mass is 16.6. The van der Waals surface area contributed by atoms with Gasteiger partial charge >= 0.3 is 11.9 Å². The fraction of sp³-hybridized carbons (Fsp3) is 0.524. The first-order valence-corrected chi connectivity index (χ1v) is 9.10. The van der Waals surface area contributed by atoms with Gasteiger partial charge in [-0.2, -0.15) is 5.26 Å². The molecule has 1 atom stereocenters. The molecule has 0 bridgehead atoms. The summed E-state index contributed by atoms with van der Waals surface area (Å²) in [6.07, 6.45) is 1.53. The van der Waals surface area contributed by atoms with Crippen LogP contribution in [0.25, 0.3) is 0 Å². The Kier molecular flexibility index (Phi) is 8.67. The van der Waals surface area contributed by atoms with E-state index in [0.29, 0.717) is 30.6 Å². The standard InChI is InChI=1S/C21H27NO5/c1-5-26-18(23)12-7-6-11-17(20(25)27-21(2,3)4)19(24)16-10-8-9-15(13-16)14-22/h8-10,13,17H,5-7,11-12H2,1-4H3. The lowest BCUT2D eigenvalue weighted by atomic mass is 9.91. The summed E-state index contributed by atoms with van der Waals surface area (Å²) < 4.78 is 10.3. The Morgan fingerprint density at radius 3 is 2.48 bits per heavy atom. The number of ketones is 1. The van der Waals surface area contributed by atoms with Gasteiger partial charge in [0, 0.05) is 12.0 Å². The summed E-state index contributed by atoms with van der Waals surface area (Å²) in [6.45, 7) is 7.29. The van der Waals surface area contributed by atoms with Crippen LogP contribution in [0.2, 0.25) is 0 Å². The minimum atomic E-state index is -0.972. The molecule has 0 amide bonds. The molecule has 1 rings (SSSR count). The van der Waals surface area contributed by atoms with E-state index in [1.807, 2.05) is 6.07 Å². The predicted molar refractivity (Wildman–Crippen MR) is 99.9 cm³/mol. The van der Waals surface area contributed by atoms with E-state index in [2.05, 4.69) is 0 Å². The summed E-state index contributed by atoms with van der Waals surface area (Å²) in [6, 6.07) is 8.24. The Labute approximate surface area is 160 Å². The van der Waals surface area contributed by atoms with Crippen molar-refractivity contribution in [3.8, 4) is 6.07 Å². The van der Waals surface area contributed by atoms with Crippen molar-refractivity contribution in [2.75, 3.05) is 6.61 Å². The first-order valence-electron chi connectivity index (χ1n) is 9.10. The lowest BCUT2D eigenvalue weighted by molar-refractivity contribution is -0.158. The van der Waals surface area contributed by atoms with E-state index in [4.69, 9.17) is 14.7 Å². The molecule has 6 nitrogen and oxygen atoms in total. The van der Waals surface area contributed by atoms with Gasteiger partial charge in [0.25, 0.3) is 0 Å². The van der Waals surface area contributed by atoms with Crippen LogP contribution in [-0.4, -0.2) is 29.9 Å². The van der Waals surface area contributed by atoms with Crippen molar-refractivity contribution in [1.82, 2.24) is 0 Å². The average Bonchev–Trinajstić information content (AvgIpc) is 2.60. The van der Waals surface area contributed by atoms with Crippen LogP contribution in [0.5, 0.6) is 0 Å². The maximum absolute atomic E-state index is 12.9. The molecule has 0 aliphatic carbocycles. The Bertz CT molecular complexity index is 712. The zero-order valence-corrected chi connectivity index (χ0v) is 16.4. The third kappa shape index (κ3) is 8.04. The highest BCUT2D eigenvalue weighted by Crippen LogP contribution is 2.21. The maximum Gasteiger partial charge on any atom is 0.317 e. The number of nitrogens with zero attached hydrogens (tertiary/aromatic N) is 1. The predicted octanol–water partition coefficient (Wildman–Crippen LogP) is 3.82. The fourth-order valence-corrected chi connectivity index (χ4v) is 2.52. The van der Waals surface area contributed by atoms with Gasteiger partial charge in [0.2, 0.25) is 0 Å². The van der Waals surface area contributed by atoms with Crippen molar-refractivity contribution in [2.24, 2.45) is 5.92 Å². The zero-order valence-electron chi connectivity index (χ0n) is 16.4. The van der Waals surface area contributed by atoms with E-state index >= 15 is 0 Å². The van der Waals surface area contributed by atoms with E-state index in [-0.39, 0.29) is 24.6 Å². The van der Waals surface area contributed by atoms with Crippen LogP contribution in [0.1, 0.15) is 69.3 Å². The van der Waals surface area contributed by atoms with Crippen molar-refractivity contribution in [1.29, 1.82) is 5.26 Å². The number of nitriles is 1. The molecular weight excluding hydrogens is 346 g/mol. The molecule has 0 spiro atoms. The zero-order chi connectivity index (χ0) is 20.4. The Hall–Kier alpha value is -2.68. The van der Waals surface area contributed by atoms with Crippen molar-refractivity contribution < 1.29 is 23.9 Å². The molecule has 0 N–H and O–H groups in total. The SMILES string of the molecule is CCOC(=O)CCCCC(C(=O)OC(C)(C)C)C(=O)c1cccc(C#N)c1. The van der Waals surface area contributed by atoms with Crippen molar-refractivity contribution in [3.63, 3.8) is 0 Å². The molecule has 0 aliphatic rings. The van der Waals surface area contributed by atoms with Crippen molar-refractivity contribution in [3.05, 3.63) is 35.4 Å². The number of hydrogen-bond acceptors (Lipinski definition) is 6. The number of carbonyl (C=O) groups is 3. The lowest BCUT2D eigenvalue weighted by Gasteiger charge is -2.23. The van der Waals surface area contributed by atoms with Gasteiger partial charge in [-0.25, -0.2) is 0 Å². The molecule has 0 radical (unpaired) electrons. The molecule has 1 aromatic rings. The summed E-state index contributed by atoms with van der Waals surface area (Å²) in [4.78, 5) is 36.9. The molecule has 146 valence electrons. The van der Waals surface area contributed by atoms with Crippen LogP contribution in [0, 0.1) is 17.2 Å². The van der Waals surface area contributed by atoms with Gasteiger partial charge < -0.3 is 9.47 Å². The molecule has 0 fully saturated rings.